The molecule has 2 aliphatic rings. The lowest BCUT2D eigenvalue weighted by Crippen LogP contribution is -2.30. The summed E-state index contributed by atoms with van der Waals surface area (Å²) in [6.07, 6.45) is 1.59. The van der Waals surface area contributed by atoms with E-state index in [0.717, 1.165) is 12.0 Å². The minimum Gasteiger partial charge on any atom is -0.493 e. The van der Waals surface area contributed by atoms with Gasteiger partial charge in [-0.1, -0.05) is 17.7 Å². The molecule has 2 amide bonds. The topological polar surface area (TPSA) is 86.3 Å². The van der Waals surface area contributed by atoms with Crippen LogP contribution in [0.2, 0.25) is 5.02 Å². The molecule has 1 unspecified atom stereocenters. The van der Waals surface area contributed by atoms with E-state index >= 15 is 0 Å². The smallest absolute Gasteiger partial charge is 0.229 e. The molecule has 0 radical (unpaired) electrons. The quantitative estimate of drug-likeness (QED) is 0.660. The third-order valence-electron chi connectivity index (χ3n) is 5.80. The third-order valence-corrected chi connectivity index (χ3v) is 6.11. The van der Waals surface area contributed by atoms with Crippen LogP contribution in [0.1, 0.15) is 18.4 Å². The van der Waals surface area contributed by atoms with E-state index in [0.29, 0.717) is 66.4 Å². The first-order chi connectivity index (χ1) is 16.0. The van der Waals surface area contributed by atoms with E-state index in [2.05, 4.69) is 5.32 Å². The number of nitrogens with zero attached hydrogens (tertiary/aromatic N) is 1. The molecule has 2 aromatic carbocycles. The van der Waals surface area contributed by atoms with Crippen molar-refractivity contribution in [2.75, 3.05) is 45.8 Å². The van der Waals surface area contributed by atoms with Crippen LogP contribution in [0.25, 0.3) is 0 Å². The second-order valence-electron chi connectivity index (χ2n) is 8.00. The molecule has 2 heterocycles. The first kappa shape index (κ1) is 23.0. The number of benzene rings is 2. The highest BCUT2D eigenvalue weighted by atomic mass is 35.5. The number of halogens is 1. The van der Waals surface area contributed by atoms with Crippen molar-refractivity contribution in [1.29, 1.82) is 0 Å². The highest BCUT2D eigenvalue weighted by Crippen LogP contribution is 2.38. The molecule has 1 atom stereocenters. The number of carbonyl (C=O) groups excluding carboxylic acids is 2. The predicted molar refractivity (Wildman–Crippen MR) is 124 cm³/mol. The Balaban J connectivity index is 1.36. The van der Waals surface area contributed by atoms with Gasteiger partial charge in [-0.3, -0.25) is 9.59 Å². The molecular weight excluding hydrogens is 448 g/mol. The van der Waals surface area contributed by atoms with E-state index in [1.807, 2.05) is 18.2 Å². The van der Waals surface area contributed by atoms with Gasteiger partial charge in [-0.15, -0.1) is 0 Å². The number of fused-ring (bicyclic) bond motifs is 1. The van der Waals surface area contributed by atoms with Crippen molar-refractivity contribution in [3.05, 3.63) is 40.9 Å². The zero-order valence-corrected chi connectivity index (χ0v) is 19.4. The maximum atomic E-state index is 12.9. The van der Waals surface area contributed by atoms with Gasteiger partial charge < -0.3 is 29.2 Å². The van der Waals surface area contributed by atoms with Gasteiger partial charge in [0.15, 0.2) is 23.0 Å². The Morgan fingerprint density at radius 3 is 2.58 bits per heavy atom. The molecule has 2 aliphatic heterocycles. The van der Waals surface area contributed by atoms with E-state index in [1.165, 1.54) is 0 Å². The Morgan fingerprint density at radius 1 is 1.12 bits per heavy atom. The van der Waals surface area contributed by atoms with Crippen LogP contribution < -0.4 is 24.3 Å². The highest BCUT2D eigenvalue weighted by Gasteiger charge is 2.34. The normalized spacial score (nSPS) is 17.5. The van der Waals surface area contributed by atoms with Crippen molar-refractivity contribution in [3.63, 3.8) is 0 Å². The molecule has 1 saturated heterocycles. The van der Waals surface area contributed by atoms with Crippen molar-refractivity contribution >= 4 is 29.1 Å². The second-order valence-corrected chi connectivity index (χ2v) is 8.41. The summed E-state index contributed by atoms with van der Waals surface area (Å²) < 4.78 is 21.9. The minimum atomic E-state index is -0.449. The number of amides is 2. The standard InChI is InChI=1S/C24H27ClN2O6/c1-30-19-5-4-15(10-20(19)31-2)6-7-27-14-16(11-23(27)28)24(29)26-18-13-22-21(12-17(18)25)32-8-3-9-33-22/h4-5,10,12-13,16H,3,6-9,11,14H2,1-2H3,(H,26,29). The Kier molecular flexibility index (Phi) is 7.13. The lowest BCUT2D eigenvalue weighted by Gasteiger charge is -2.18. The number of hydrogen-bond donors (Lipinski definition) is 1. The van der Waals surface area contributed by atoms with Gasteiger partial charge in [0.2, 0.25) is 11.8 Å². The fourth-order valence-corrected chi connectivity index (χ4v) is 4.18. The molecule has 4 rings (SSSR count). The lowest BCUT2D eigenvalue weighted by molar-refractivity contribution is -0.128. The van der Waals surface area contributed by atoms with Crippen molar-refractivity contribution in [3.8, 4) is 23.0 Å². The molecule has 176 valence electrons. The van der Waals surface area contributed by atoms with Gasteiger partial charge in [0, 0.05) is 38.1 Å². The maximum Gasteiger partial charge on any atom is 0.229 e. The second kappa shape index (κ2) is 10.2. The van der Waals surface area contributed by atoms with Gasteiger partial charge in [0.1, 0.15) is 0 Å². The predicted octanol–water partition coefficient (Wildman–Crippen LogP) is 3.55. The minimum absolute atomic E-state index is 0.0413. The van der Waals surface area contributed by atoms with Crippen molar-refractivity contribution in [1.82, 2.24) is 4.90 Å². The third kappa shape index (κ3) is 5.27. The highest BCUT2D eigenvalue weighted by molar-refractivity contribution is 6.34. The fraction of sp³-hybridized carbons (Fsp3) is 0.417. The summed E-state index contributed by atoms with van der Waals surface area (Å²) in [5.41, 5.74) is 1.47. The maximum absolute atomic E-state index is 12.9. The Morgan fingerprint density at radius 2 is 1.85 bits per heavy atom. The van der Waals surface area contributed by atoms with Gasteiger partial charge in [0.25, 0.3) is 0 Å². The van der Waals surface area contributed by atoms with Crippen molar-refractivity contribution in [2.45, 2.75) is 19.3 Å². The summed E-state index contributed by atoms with van der Waals surface area (Å²) >= 11 is 6.34. The van der Waals surface area contributed by atoms with E-state index in [1.54, 1.807) is 31.3 Å². The lowest BCUT2D eigenvalue weighted by atomic mass is 10.1. The summed E-state index contributed by atoms with van der Waals surface area (Å²) in [4.78, 5) is 27.1. The molecule has 33 heavy (non-hydrogen) atoms. The molecule has 8 nitrogen and oxygen atoms in total. The Bertz CT molecular complexity index is 1040. The molecule has 1 fully saturated rings. The van der Waals surface area contributed by atoms with Crippen molar-refractivity contribution < 1.29 is 28.5 Å². The van der Waals surface area contributed by atoms with Gasteiger partial charge in [-0.25, -0.2) is 0 Å². The molecule has 0 aliphatic carbocycles. The summed E-state index contributed by atoms with van der Waals surface area (Å²) in [6, 6.07) is 9.00. The summed E-state index contributed by atoms with van der Waals surface area (Å²) in [6.45, 7) is 1.97. The number of carbonyl (C=O) groups is 2. The Hall–Kier alpha value is -3.13. The molecule has 0 aromatic heterocycles. The largest absolute Gasteiger partial charge is 0.493 e. The fourth-order valence-electron chi connectivity index (χ4n) is 3.98. The molecule has 9 heteroatoms. The van der Waals surface area contributed by atoms with Gasteiger partial charge in [-0.05, 0) is 24.1 Å². The molecular formula is C24H27ClN2O6. The van der Waals surface area contributed by atoms with Crippen LogP contribution in [-0.2, 0) is 16.0 Å². The van der Waals surface area contributed by atoms with Crippen LogP contribution in [0.5, 0.6) is 23.0 Å². The molecule has 0 saturated carbocycles. The average molecular weight is 475 g/mol. The number of anilines is 1. The van der Waals surface area contributed by atoms with Crippen LogP contribution in [0.15, 0.2) is 30.3 Å². The number of rotatable bonds is 7. The Labute approximate surface area is 197 Å². The first-order valence-electron chi connectivity index (χ1n) is 10.9. The van der Waals surface area contributed by atoms with E-state index < -0.39 is 5.92 Å². The van der Waals surface area contributed by atoms with Crippen LogP contribution >= 0.6 is 11.6 Å². The number of likely N-dealkylation sites (tertiary alicyclic amines) is 1. The first-order valence-corrected chi connectivity index (χ1v) is 11.2. The SMILES string of the molecule is COc1ccc(CCN2CC(C(=O)Nc3cc4c(cc3Cl)OCCCO4)CC2=O)cc1OC. The number of methoxy groups -OCH3 is 2. The van der Waals surface area contributed by atoms with Gasteiger partial charge in [-0.2, -0.15) is 0 Å². The summed E-state index contributed by atoms with van der Waals surface area (Å²) in [5, 5.41) is 3.21. The number of ether oxygens (including phenoxy) is 4. The van der Waals surface area contributed by atoms with E-state index in [4.69, 9.17) is 30.5 Å². The van der Waals surface area contributed by atoms with Crippen LogP contribution in [0.4, 0.5) is 5.69 Å². The van der Waals surface area contributed by atoms with Gasteiger partial charge in [0.05, 0.1) is 44.1 Å². The monoisotopic (exact) mass is 474 g/mol. The molecule has 2 aromatic rings. The van der Waals surface area contributed by atoms with E-state index in [-0.39, 0.29) is 18.2 Å². The zero-order chi connectivity index (χ0) is 23.4. The molecule has 0 spiro atoms. The molecule has 0 bridgehead atoms. The number of nitrogens with one attached hydrogen (secondary N) is 1. The number of hydrogen-bond acceptors (Lipinski definition) is 6. The summed E-state index contributed by atoms with van der Waals surface area (Å²) in [7, 11) is 3.18. The van der Waals surface area contributed by atoms with Crippen LogP contribution in [0.3, 0.4) is 0 Å². The van der Waals surface area contributed by atoms with Crippen molar-refractivity contribution in [2.24, 2.45) is 5.92 Å². The summed E-state index contributed by atoms with van der Waals surface area (Å²) in [5.74, 6) is 1.68. The molecule has 1 N–H and O–H groups in total. The average Bonchev–Trinajstić information content (AvgIpc) is 3.04. The van der Waals surface area contributed by atoms with Gasteiger partial charge >= 0.3 is 0 Å². The van der Waals surface area contributed by atoms with Crippen LogP contribution in [0, 0.1) is 5.92 Å². The zero-order valence-electron chi connectivity index (χ0n) is 18.7. The van der Waals surface area contributed by atoms with E-state index in [9.17, 15) is 9.59 Å². The van der Waals surface area contributed by atoms with Crippen LogP contribution in [-0.4, -0.2) is 57.2 Å².